The monoisotopic (exact) mass is 743 g/mol. The summed E-state index contributed by atoms with van der Waals surface area (Å²) in [6.07, 6.45) is 0.152. The number of anilines is 3. The van der Waals surface area contributed by atoms with Crippen LogP contribution in [-0.2, 0) is 28.7 Å². The fourth-order valence-electron chi connectivity index (χ4n) is 6.62. The molecular formula is C34H37ClF3N9O5. The number of rotatable bonds is 9. The quantitative estimate of drug-likeness (QED) is 0.255. The van der Waals surface area contributed by atoms with Crippen LogP contribution in [0, 0.1) is 6.92 Å². The van der Waals surface area contributed by atoms with E-state index in [1.807, 2.05) is 23.8 Å². The Hall–Kier alpha value is -5.03. The van der Waals surface area contributed by atoms with E-state index in [0.29, 0.717) is 17.9 Å². The van der Waals surface area contributed by atoms with Crippen molar-refractivity contribution in [3.05, 3.63) is 68.6 Å². The number of aryl methyl sites for hydroxylation is 1. The number of benzene rings is 1. The number of amides is 2. The Bertz CT molecular complexity index is 2090. The molecule has 18 heteroatoms. The number of halogens is 4. The molecule has 4 heterocycles. The number of methoxy groups -OCH3 is 1. The summed E-state index contributed by atoms with van der Waals surface area (Å²) in [5.74, 6) is -0.955. The summed E-state index contributed by atoms with van der Waals surface area (Å²) in [5, 5.41) is 12.7. The average Bonchev–Trinajstić information content (AvgIpc) is 3.10. The number of ether oxygens (including phenoxy) is 1. The molecule has 276 valence electrons. The molecule has 4 aromatic rings. The normalized spacial score (nSPS) is 17.6. The maximum Gasteiger partial charge on any atom is 0.416 e. The van der Waals surface area contributed by atoms with Gasteiger partial charge in [-0.25, -0.2) is 19.9 Å². The van der Waals surface area contributed by atoms with Gasteiger partial charge in [0.15, 0.2) is 22.6 Å². The summed E-state index contributed by atoms with van der Waals surface area (Å²) in [5.41, 5.74) is -0.291. The molecule has 1 aliphatic carbocycles. The minimum Gasteiger partial charge on any atom is -0.504 e. The number of nitrogens with one attached hydrogen (secondary N) is 1. The van der Waals surface area contributed by atoms with Crippen LogP contribution in [-0.4, -0.2) is 98.8 Å². The highest BCUT2D eigenvalue weighted by atomic mass is 35.5. The highest BCUT2D eigenvalue weighted by molar-refractivity contribution is 6.33. The highest BCUT2D eigenvalue weighted by Gasteiger charge is 2.36. The maximum atomic E-state index is 14.4. The second kappa shape index (κ2) is 14.5. The number of hydrogen-bond acceptors (Lipinski definition) is 11. The fourth-order valence-corrected chi connectivity index (χ4v) is 6.85. The second-order valence-corrected chi connectivity index (χ2v) is 13.1. The van der Waals surface area contributed by atoms with E-state index in [0.717, 1.165) is 31.0 Å². The first kappa shape index (κ1) is 36.8. The molecule has 0 radical (unpaired) electrons. The van der Waals surface area contributed by atoms with Gasteiger partial charge in [0.2, 0.25) is 11.3 Å². The van der Waals surface area contributed by atoms with Crippen molar-refractivity contribution in [1.29, 1.82) is 0 Å². The third-order valence-corrected chi connectivity index (χ3v) is 9.97. The van der Waals surface area contributed by atoms with E-state index in [1.165, 1.54) is 17.4 Å². The van der Waals surface area contributed by atoms with E-state index in [2.05, 4.69) is 20.3 Å². The number of likely N-dealkylation sites (N-methyl/N-ethyl adjacent to an activating group) is 1. The second-order valence-electron chi connectivity index (χ2n) is 12.7. The van der Waals surface area contributed by atoms with Crippen molar-refractivity contribution in [2.24, 2.45) is 0 Å². The van der Waals surface area contributed by atoms with Crippen LogP contribution >= 0.6 is 11.6 Å². The summed E-state index contributed by atoms with van der Waals surface area (Å²) >= 11 is 6.13. The van der Waals surface area contributed by atoms with Gasteiger partial charge in [-0.05, 0) is 44.4 Å². The Labute approximate surface area is 301 Å². The van der Waals surface area contributed by atoms with E-state index >= 15 is 0 Å². The van der Waals surface area contributed by atoms with E-state index in [9.17, 15) is 32.7 Å². The fraction of sp³-hybridized carbons (Fsp3) is 0.441. The summed E-state index contributed by atoms with van der Waals surface area (Å²) in [7, 11) is 3.49. The van der Waals surface area contributed by atoms with Gasteiger partial charge < -0.3 is 34.4 Å². The maximum absolute atomic E-state index is 14.4. The van der Waals surface area contributed by atoms with Crippen molar-refractivity contribution in [2.75, 3.05) is 55.5 Å². The van der Waals surface area contributed by atoms with Crippen LogP contribution in [0.15, 0.2) is 35.5 Å². The summed E-state index contributed by atoms with van der Waals surface area (Å²) in [4.78, 5) is 63.8. The van der Waals surface area contributed by atoms with Crippen molar-refractivity contribution in [1.82, 2.24) is 29.4 Å². The van der Waals surface area contributed by atoms with Crippen LogP contribution in [0.4, 0.5) is 30.4 Å². The molecule has 1 saturated heterocycles. The molecule has 2 aliphatic rings. The zero-order valence-corrected chi connectivity index (χ0v) is 29.6. The lowest BCUT2D eigenvalue weighted by atomic mass is 9.88. The molecule has 52 heavy (non-hydrogen) atoms. The molecule has 2 atom stereocenters. The Morgan fingerprint density at radius 2 is 1.87 bits per heavy atom. The van der Waals surface area contributed by atoms with E-state index in [4.69, 9.17) is 21.3 Å². The van der Waals surface area contributed by atoms with E-state index in [-0.39, 0.29) is 89.6 Å². The van der Waals surface area contributed by atoms with E-state index < -0.39 is 29.0 Å². The predicted octanol–water partition coefficient (Wildman–Crippen LogP) is 4.04. The van der Waals surface area contributed by atoms with E-state index in [1.54, 1.807) is 18.6 Å². The molecule has 0 unspecified atom stereocenters. The van der Waals surface area contributed by atoms with Gasteiger partial charge in [-0.1, -0.05) is 18.5 Å². The van der Waals surface area contributed by atoms with Gasteiger partial charge in [-0.3, -0.25) is 14.4 Å². The standard InChI is InChI=1S/C34H37ClF3N9O5/c1-5-22-29(45-10-12-46(13-11-45)33(51)28-30(49)18(2)40-17-41-28)31(50)27-32(39-15-25(43-27)44(3)23-8-9-24(23)52-4)47(22)16-26(48)42-21-7-6-19(14-20(21)35)34(36,37)38/h6-7,14-15,17,23-24,49H,5,8-13,16H2,1-4H3,(H,42,48)/t23-,24+/m0/s1. The largest absolute Gasteiger partial charge is 0.504 e. The first-order chi connectivity index (χ1) is 24.7. The summed E-state index contributed by atoms with van der Waals surface area (Å²) in [6.45, 7) is 3.89. The molecular weight excluding hydrogens is 707 g/mol. The van der Waals surface area contributed by atoms with Crippen LogP contribution in [0.25, 0.3) is 11.2 Å². The number of alkyl halides is 3. The topological polar surface area (TPSA) is 159 Å². The van der Waals surface area contributed by atoms with Gasteiger partial charge >= 0.3 is 6.18 Å². The number of piperazine rings is 1. The van der Waals surface area contributed by atoms with Crippen molar-refractivity contribution >= 4 is 51.8 Å². The predicted molar refractivity (Wildman–Crippen MR) is 187 cm³/mol. The van der Waals surface area contributed by atoms with Crippen molar-refractivity contribution in [3.8, 4) is 5.75 Å². The van der Waals surface area contributed by atoms with Gasteiger partial charge in [0.05, 0.1) is 40.3 Å². The molecule has 2 fully saturated rings. The third kappa shape index (κ3) is 6.93. The van der Waals surface area contributed by atoms with Gasteiger partial charge in [0.25, 0.3) is 5.91 Å². The van der Waals surface area contributed by atoms with Crippen LogP contribution in [0.5, 0.6) is 5.75 Å². The number of hydrogen-bond donors (Lipinski definition) is 2. The van der Waals surface area contributed by atoms with Gasteiger partial charge in [0.1, 0.15) is 24.4 Å². The average molecular weight is 744 g/mol. The van der Waals surface area contributed by atoms with Crippen LogP contribution in [0.2, 0.25) is 5.02 Å². The van der Waals surface area contributed by atoms with Crippen molar-refractivity contribution < 1.29 is 32.6 Å². The lowest BCUT2D eigenvalue weighted by Crippen LogP contribution is -2.51. The van der Waals surface area contributed by atoms with Crippen molar-refractivity contribution in [2.45, 2.75) is 58.0 Å². The first-order valence-electron chi connectivity index (χ1n) is 16.6. The Morgan fingerprint density at radius 3 is 2.48 bits per heavy atom. The molecule has 0 bridgehead atoms. The Morgan fingerprint density at radius 1 is 1.13 bits per heavy atom. The molecule has 14 nitrogen and oxygen atoms in total. The SMILES string of the molecule is CCc1c(N2CCN(C(=O)c3ncnc(C)c3O)CC2)c(=O)c2nc(N(C)[C@H]3CC[C@H]3OC)cnc2n1CC(=O)Nc1ccc(C(F)(F)F)cc1Cl. The number of fused-ring (bicyclic) bond motifs is 1. The zero-order valence-electron chi connectivity index (χ0n) is 28.9. The number of carbonyl (C=O) groups is 2. The summed E-state index contributed by atoms with van der Waals surface area (Å²) in [6, 6.07) is 2.66. The smallest absolute Gasteiger partial charge is 0.416 e. The number of pyridine rings is 1. The Balaban J connectivity index is 1.36. The lowest BCUT2D eigenvalue weighted by molar-refractivity contribution is -0.137. The minimum atomic E-state index is -4.61. The Kier molecular flexibility index (Phi) is 10.3. The minimum absolute atomic E-state index is 0.00918. The molecule has 1 aromatic carbocycles. The number of carbonyl (C=O) groups excluding carboxylic acids is 2. The molecule has 1 aliphatic heterocycles. The molecule has 1 saturated carbocycles. The zero-order chi connectivity index (χ0) is 37.5. The highest BCUT2D eigenvalue weighted by Crippen LogP contribution is 2.34. The molecule has 6 rings (SSSR count). The van der Waals surface area contributed by atoms with Crippen LogP contribution in [0.1, 0.15) is 47.2 Å². The number of nitrogens with zero attached hydrogens (tertiary/aromatic N) is 8. The van der Waals surface area contributed by atoms with Gasteiger partial charge in [0, 0.05) is 46.0 Å². The summed E-state index contributed by atoms with van der Waals surface area (Å²) < 4.78 is 46.8. The van der Waals surface area contributed by atoms with Crippen LogP contribution in [0.3, 0.4) is 0 Å². The number of aromatic hydroxyl groups is 1. The molecule has 0 spiro atoms. The molecule has 2 N–H and O–H groups in total. The molecule has 2 amide bonds. The lowest BCUT2D eigenvalue weighted by Gasteiger charge is -2.42. The van der Waals surface area contributed by atoms with Crippen LogP contribution < -0.4 is 20.5 Å². The first-order valence-corrected chi connectivity index (χ1v) is 17.0. The number of aromatic nitrogens is 5. The molecule has 3 aromatic heterocycles. The third-order valence-electron chi connectivity index (χ3n) is 9.66. The van der Waals surface area contributed by atoms with Crippen molar-refractivity contribution in [3.63, 3.8) is 0 Å². The van der Waals surface area contributed by atoms with Gasteiger partial charge in [-0.15, -0.1) is 0 Å². The van der Waals surface area contributed by atoms with Gasteiger partial charge in [-0.2, -0.15) is 13.2 Å².